The number of carbonyl (C=O) groups is 1. The topological polar surface area (TPSA) is 41.7 Å². The average Bonchev–Trinajstić information content (AvgIpc) is 3.08. The molecule has 3 heteroatoms. The Hall–Kier alpha value is -2.81. The van der Waals surface area contributed by atoms with Gasteiger partial charge in [-0.25, -0.2) is 0 Å². The lowest BCUT2D eigenvalue weighted by Crippen LogP contribution is -1.92. The number of rotatable bonds is 3. The Bertz CT molecular complexity index is 1030. The van der Waals surface area contributed by atoms with E-state index >= 15 is 0 Å². The van der Waals surface area contributed by atoms with Crippen LogP contribution in [-0.4, -0.2) is 15.3 Å². The molecule has 0 saturated carbocycles. The van der Waals surface area contributed by atoms with E-state index < -0.39 is 0 Å². The number of hydrogen-bond acceptors (Lipinski definition) is 2. The monoisotopic (exact) mass is 303 g/mol. The minimum Gasteiger partial charge on any atom is -0.508 e. The first kappa shape index (κ1) is 13.8. The zero-order chi connectivity index (χ0) is 16.1. The van der Waals surface area contributed by atoms with Crippen LogP contribution in [-0.2, 0) is 6.42 Å². The highest BCUT2D eigenvalue weighted by Gasteiger charge is 2.21. The molecule has 1 N–H and O–H groups in total. The van der Waals surface area contributed by atoms with E-state index in [0.29, 0.717) is 0 Å². The highest BCUT2D eigenvalue weighted by atomic mass is 16.3. The van der Waals surface area contributed by atoms with E-state index in [0.717, 1.165) is 39.7 Å². The molecule has 3 aromatic heterocycles. The molecule has 1 aromatic carbocycles. The van der Waals surface area contributed by atoms with Crippen molar-refractivity contribution in [2.45, 2.75) is 20.3 Å². The normalized spacial score (nSPS) is 11.6. The molecule has 0 aliphatic carbocycles. The van der Waals surface area contributed by atoms with Crippen molar-refractivity contribution in [2.75, 3.05) is 0 Å². The molecule has 114 valence electrons. The molecule has 0 radical (unpaired) electrons. The number of pyridine rings is 1. The van der Waals surface area contributed by atoms with Gasteiger partial charge in [-0.2, -0.15) is 0 Å². The summed E-state index contributed by atoms with van der Waals surface area (Å²) in [7, 11) is 0. The Balaban J connectivity index is 2.16. The number of nitrogens with zero attached hydrogens (tertiary/aromatic N) is 1. The molecule has 4 aromatic rings. The van der Waals surface area contributed by atoms with E-state index in [-0.39, 0.29) is 11.5 Å². The van der Waals surface area contributed by atoms with Gasteiger partial charge in [-0.3, -0.25) is 4.79 Å². The number of ketones is 1. The molecule has 4 rings (SSSR count). The molecular formula is C20H17NO2. The number of aromatic nitrogens is 1. The third-order valence-corrected chi connectivity index (χ3v) is 4.54. The molecule has 0 amide bonds. The van der Waals surface area contributed by atoms with Crippen molar-refractivity contribution < 1.29 is 9.90 Å². The number of benzene rings is 1. The van der Waals surface area contributed by atoms with E-state index in [1.54, 1.807) is 19.1 Å². The number of aryl methyl sites for hydroxylation is 1. The van der Waals surface area contributed by atoms with Crippen LogP contribution < -0.4 is 0 Å². The maximum Gasteiger partial charge on any atom is 0.161 e. The van der Waals surface area contributed by atoms with Gasteiger partial charge in [0.1, 0.15) is 5.75 Å². The Morgan fingerprint density at radius 1 is 1.04 bits per heavy atom. The van der Waals surface area contributed by atoms with Crippen molar-refractivity contribution in [3.8, 4) is 16.9 Å². The van der Waals surface area contributed by atoms with Gasteiger partial charge in [-0.1, -0.05) is 25.1 Å². The Labute approximate surface area is 134 Å². The number of phenolic OH excluding ortho intramolecular Hbond substituents is 1. The number of phenols is 1. The first-order chi connectivity index (χ1) is 11.1. The van der Waals surface area contributed by atoms with E-state index in [9.17, 15) is 9.90 Å². The second-order valence-electron chi connectivity index (χ2n) is 5.89. The molecule has 0 spiro atoms. The van der Waals surface area contributed by atoms with Crippen LogP contribution in [0.5, 0.6) is 5.75 Å². The lowest BCUT2D eigenvalue weighted by Gasteiger charge is -2.04. The third-order valence-electron chi connectivity index (χ3n) is 4.54. The van der Waals surface area contributed by atoms with Crippen LogP contribution in [0.25, 0.3) is 27.7 Å². The molecule has 0 aliphatic rings. The molecule has 0 bridgehead atoms. The Morgan fingerprint density at radius 3 is 2.39 bits per heavy atom. The lowest BCUT2D eigenvalue weighted by molar-refractivity contribution is 0.101. The van der Waals surface area contributed by atoms with Gasteiger partial charge in [-0.15, -0.1) is 0 Å². The van der Waals surface area contributed by atoms with Crippen LogP contribution in [0.15, 0.2) is 48.5 Å². The SMILES string of the molecule is CCc1c(-c2ccc(O)cc2)c2cc(C(C)=O)c3cccc1n32. The van der Waals surface area contributed by atoms with Gasteiger partial charge in [0.15, 0.2) is 5.78 Å². The zero-order valence-corrected chi connectivity index (χ0v) is 13.1. The summed E-state index contributed by atoms with van der Waals surface area (Å²) in [4.78, 5) is 12.0. The maximum absolute atomic E-state index is 12.0. The zero-order valence-electron chi connectivity index (χ0n) is 13.1. The van der Waals surface area contributed by atoms with Crippen LogP contribution in [0.4, 0.5) is 0 Å². The minimum atomic E-state index is 0.0795. The van der Waals surface area contributed by atoms with Gasteiger partial charge in [0.25, 0.3) is 0 Å². The standard InChI is InChI=1S/C20H17NO2/c1-3-15-17-5-4-6-18-16(12(2)22)11-19(21(17)18)20(15)13-7-9-14(23)10-8-13/h4-11,23H,3H2,1-2H3. The molecule has 3 nitrogen and oxygen atoms in total. The van der Waals surface area contributed by atoms with Crippen molar-refractivity contribution in [3.63, 3.8) is 0 Å². The summed E-state index contributed by atoms with van der Waals surface area (Å²) in [6, 6.07) is 15.4. The maximum atomic E-state index is 12.0. The van der Waals surface area contributed by atoms with Crippen molar-refractivity contribution in [1.29, 1.82) is 0 Å². The highest BCUT2D eigenvalue weighted by molar-refractivity contribution is 6.07. The van der Waals surface area contributed by atoms with Gasteiger partial charge in [0.05, 0.1) is 16.6 Å². The Morgan fingerprint density at radius 2 is 1.74 bits per heavy atom. The van der Waals surface area contributed by atoms with Crippen LogP contribution >= 0.6 is 0 Å². The fourth-order valence-corrected chi connectivity index (χ4v) is 3.55. The van der Waals surface area contributed by atoms with Gasteiger partial charge in [0.2, 0.25) is 0 Å². The minimum absolute atomic E-state index is 0.0795. The molecular weight excluding hydrogens is 286 g/mol. The average molecular weight is 303 g/mol. The number of carbonyl (C=O) groups excluding carboxylic acids is 1. The van der Waals surface area contributed by atoms with Crippen molar-refractivity contribution in [1.82, 2.24) is 4.40 Å². The smallest absolute Gasteiger partial charge is 0.161 e. The first-order valence-corrected chi connectivity index (χ1v) is 7.80. The summed E-state index contributed by atoms with van der Waals surface area (Å²) >= 11 is 0. The second kappa shape index (κ2) is 4.85. The van der Waals surface area contributed by atoms with Crippen molar-refractivity contribution >= 4 is 22.3 Å². The van der Waals surface area contributed by atoms with Gasteiger partial charge in [-0.05, 0) is 54.8 Å². The highest BCUT2D eigenvalue weighted by Crippen LogP contribution is 2.39. The summed E-state index contributed by atoms with van der Waals surface area (Å²) < 4.78 is 2.18. The van der Waals surface area contributed by atoms with Crippen molar-refractivity contribution in [3.05, 3.63) is 59.7 Å². The predicted octanol–water partition coefficient (Wildman–Crippen LogP) is 4.67. The summed E-state index contributed by atoms with van der Waals surface area (Å²) in [5.41, 5.74) is 7.41. The van der Waals surface area contributed by atoms with Crippen LogP contribution in [0, 0.1) is 0 Å². The first-order valence-electron chi connectivity index (χ1n) is 7.80. The molecule has 0 fully saturated rings. The molecule has 0 unspecified atom stereocenters. The summed E-state index contributed by atoms with van der Waals surface area (Å²) in [6.45, 7) is 3.75. The Kier molecular flexibility index (Phi) is 2.91. The van der Waals surface area contributed by atoms with Gasteiger partial charge < -0.3 is 9.51 Å². The molecule has 3 heterocycles. The van der Waals surface area contributed by atoms with E-state index in [2.05, 4.69) is 17.4 Å². The fourth-order valence-electron chi connectivity index (χ4n) is 3.55. The number of Topliss-reactive ketones (excluding diaryl/α,β-unsaturated/α-hetero) is 1. The predicted molar refractivity (Wildman–Crippen MR) is 92.6 cm³/mol. The van der Waals surface area contributed by atoms with Gasteiger partial charge in [0, 0.05) is 11.1 Å². The fraction of sp³-hybridized carbons (Fsp3) is 0.150. The van der Waals surface area contributed by atoms with Gasteiger partial charge >= 0.3 is 0 Å². The lowest BCUT2D eigenvalue weighted by atomic mass is 9.99. The molecule has 0 atom stereocenters. The quantitative estimate of drug-likeness (QED) is 0.559. The summed E-state index contributed by atoms with van der Waals surface area (Å²) in [5, 5.41) is 9.56. The van der Waals surface area contributed by atoms with Crippen LogP contribution in [0.2, 0.25) is 0 Å². The van der Waals surface area contributed by atoms with E-state index in [1.807, 2.05) is 30.3 Å². The molecule has 0 saturated heterocycles. The van der Waals surface area contributed by atoms with Crippen LogP contribution in [0.3, 0.4) is 0 Å². The van der Waals surface area contributed by atoms with Crippen LogP contribution in [0.1, 0.15) is 29.8 Å². The van der Waals surface area contributed by atoms with E-state index in [1.165, 1.54) is 5.56 Å². The molecule has 0 aliphatic heterocycles. The number of aromatic hydroxyl groups is 1. The second-order valence-corrected chi connectivity index (χ2v) is 5.89. The molecule has 23 heavy (non-hydrogen) atoms. The third kappa shape index (κ3) is 1.86. The largest absolute Gasteiger partial charge is 0.508 e. The van der Waals surface area contributed by atoms with E-state index in [4.69, 9.17) is 0 Å². The van der Waals surface area contributed by atoms with Crippen molar-refractivity contribution in [2.24, 2.45) is 0 Å². The summed E-state index contributed by atoms with van der Waals surface area (Å²) in [6.07, 6.45) is 0.909. The number of hydrogen-bond donors (Lipinski definition) is 1. The summed E-state index contributed by atoms with van der Waals surface area (Å²) in [5.74, 6) is 0.337.